The number of nitrogens with two attached hydrogens (primary N) is 1. The minimum absolute atomic E-state index is 0.338. The molecule has 2 aliphatic heterocycles. The average molecular weight is 329 g/mol. The topological polar surface area (TPSA) is 73.6 Å². The Morgan fingerprint density at radius 2 is 1.88 bits per heavy atom. The molecule has 1 amide bonds. The van der Waals surface area contributed by atoms with E-state index in [-0.39, 0.29) is 5.91 Å². The number of hydrogen-bond acceptors (Lipinski definition) is 5. The lowest BCUT2D eigenvalue weighted by Gasteiger charge is -2.46. The third-order valence-electron chi connectivity index (χ3n) is 5.74. The molecule has 2 unspecified atom stereocenters. The molecule has 130 valence electrons. The van der Waals surface area contributed by atoms with Crippen LogP contribution in [0.2, 0.25) is 0 Å². The molecule has 1 aliphatic carbocycles. The maximum absolute atomic E-state index is 11.9. The molecule has 3 aliphatic rings. The molecule has 2 atom stereocenters. The van der Waals surface area contributed by atoms with Crippen LogP contribution in [-0.4, -0.2) is 55.7 Å². The number of para-hydroxylation sites is 1. The van der Waals surface area contributed by atoms with Gasteiger partial charge >= 0.3 is 0 Å². The summed E-state index contributed by atoms with van der Waals surface area (Å²) in [6, 6.07) is 6.82. The number of primary amides is 1. The largest absolute Gasteiger partial charge is 0.366 e. The van der Waals surface area contributed by atoms with E-state index in [1.807, 2.05) is 18.2 Å². The van der Waals surface area contributed by atoms with Crippen molar-refractivity contribution in [1.82, 2.24) is 10.2 Å². The van der Waals surface area contributed by atoms with Gasteiger partial charge in [0.05, 0.1) is 23.6 Å². The summed E-state index contributed by atoms with van der Waals surface area (Å²) in [5.41, 5.74) is 8.33. The highest BCUT2D eigenvalue weighted by Crippen LogP contribution is 2.40. The van der Waals surface area contributed by atoms with Crippen molar-refractivity contribution in [3.05, 3.63) is 23.8 Å². The number of piperazine rings is 1. The number of anilines is 2. The summed E-state index contributed by atoms with van der Waals surface area (Å²) in [6.07, 6.45) is 4.99. The Balaban J connectivity index is 1.65. The highest BCUT2D eigenvalue weighted by Gasteiger charge is 2.38. The van der Waals surface area contributed by atoms with Gasteiger partial charge in [-0.25, -0.2) is 0 Å². The van der Waals surface area contributed by atoms with Gasteiger partial charge in [-0.1, -0.05) is 18.9 Å². The molecule has 0 bridgehead atoms. The van der Waals surface area contributed by atoms with Crippen LogP contribution in [0, 0.1) is 0 Å². The van der Waals surface area contributed by atoms with Crippen LogP contribution < -0.4 is 21.3 Å². The molecule has 6 heteroatoms. The molecule has 2 fully saturated rings. The number of nitrogens with zero attached hydrogens (tertiary/aromatic N) is 2. The molecule has 1 aromatic rings. The zero-order valence-corrected chi connectivity index (χ0v) is 14.1. The lowest BCUT2D eigenvalue weighted by molar-refractivity contribution is 0.0999. The van der Waals surface area contributed by atoms with Gasteiger partial charge in [-0.2, -0.15) is 0 Å². The fraction of sp³-hybridized carbons (Fsp3) is 0.611. The fourth-order valence-corrected chi connectivity index (χ4v) is 4.62. The molecular formula is C18H27N5O. The molecule has 0 radical (unpaired) electrons. The minimum Gasteiger partial charge on any atom is -0.366 e. The fourth-order valence-electron chi connectivity index (χ4n) is 4.62. The van der Waals surface area contributed by atoms with E-state index in [2.05, 4.69) is 20.4 Å². The number of hydrogen-bond donors (Lipinski definition) is 3. The Morgan fingerprint density at radius 3 is 2.62 bits per heavy atom. The lowest BCUT2D eigenvalue weighted by atomic mass is 9.87. The second-order valence-electron chi connectivity index (χ2n) is 7.08. The Bertz CT molecular complexity index is 613. The standard InChI is InChI=1S/C18H27N5O/c19-18(24)13-4-3-5-14-17(13)23(12-21-14)16-7-2-1-6-15(16)22-10-8-20-9-11-22/h3-5,15-16,20-21H,1-2,6-12H2,(H2,19,24). The average Bonchev–Trinajstić information content (AvgIpc) is 3.06. The maximum Gasteiger partial charge on any atom is 0.250 e. The second kappa shape index (κ2) is 6.61. The first-order valence-electron chi connectivity index (χ1n) is 9.14. The monoisotopic (exact) mass is 329 g/mol. The first-order valence-corrected chi connectivity index (χ1v) is 9.14. The Labute approximate surface area is 143 Å². The first kappa shape index (κ1) is 15.7. The number of benzene rings is 1. The van der Waals surface area contributed by atoms with Crippen LogP contribution in [0.25, 0.3) is 0 Å². The highest BCUT2D eigenvalue weighted by molar-refractivity contribution is 6.02. The van der Waals surface area contributed by atoms with E-state index in [9.17, 15) is 4.79 Å². The smallest absolute Gasteiger partial charge is 0.250 e. The molecule has 2 heterocycles. The van der Waals surface area contributed by atoms with E-state index in [0.717, 1.165) is 44.2 Å². The van der Waals surface area contributed by atoms with Gasteiger partial charge < -0.3 is 21.3 Å². The molecule has 1 saturated heterocycles. The number of carbonyl (C=O) groups is 1. The van der Waals surface area contributed by atoms with E-state index in [4.69, 9.17) is 5.73 Å². The van der Waals surface area contributed by atoms with Gasteiger partial charge in [0, 0.05) is 38.3 Å². The predicted molar refractivity (Wildman–Crippen MR) is 96.4 cm³/mol. The van der Waals surface area contributed by atoms with Crippen molar-refractivity contribution in [2.45, 2.75) is 37.8 Å². The number of nitrogens with one attached hydrogen (secondary N) is 2. The van der Waals surface area contributed by atoms with Crippen molar-refractivity contribution >= 4 is 17.3 Å². The number of rotatable bonds is 3. The summed E-state index contributed by atoms with van der Waals surface area (Å²) >= 11 is 0. The van der Waals surface area contributed by atoms with Gasteiger partial charge in [-0.3, -0.25) is 9.69 Å². The summed E-state index contributed by atoms with van der Waals surface area (Å²) in [6.45, 7) is 5.15. The third kappa shape index (κ3) is 2.74. The third-order valence-corrected chi connectivity index (χ3v) is 5.74. The zero-order chi connectivity index (χ0) is 16.5. The Morgan fingerprint density at radius 1 is 1.12 bits per heavy atom. The second-order valence-corrected chi connectivity index (χ2v) is 7.08. The molecule has 6 nitrogen and oxygen atoms in total. The molecule has 4 N–H and O–H groups in total. The molecule has 0 spiro atoms. The van der Waals surface area contributed by atoms with Crippen molar-refractivity contribution < 1.29 is 4.79 Å². The van der Waals surface area contributed by atoms with Crippen LogP contribution in [0.1, 0.15) is 36.0 Å². The number of carbonyl (C=O) groups excluding carboxylic acids is 1. The van der Waals surface area contributed by atoms with Crippen LogP contribution in [0.5, 0.6) is 0 Å². The predicted octanol–water partition coefficient (Wildman–Crippen LogP) is 1.19. The van der Waals surface area contributed by atoms with Gasteiger partial charge in [0.2, 0.25) is 0 Å². The van der Waals surface area contributed by atoms with Crippen molar-refractivity contribution in [3.63, 3.8) is 0 Å². The summed E-state index contributed by atoms with van der Waals surface area (Å²) < 4.78 is 0. The van der Waals surface area contributed by atoms with Crippen LogP contribution in [0.4, 0.5) is 11.4 Å². The Hall–Kier alpha value is -1.79. The molecule has 1 aromatic carbocycles. The van der Waals surface area contributed by atoms with Gasteiger partial charge in [0.25, 0.3) is 5.91 Å². The van der Waals surface area contributed by atoms with Crippen molar-refractivity contribution in [2.75, 3.05) is 43.1 Å². The van der Waals surface area contributed by atoms with E-state index >= 15 is 0 Å². The first-order chi connectivity index (χ1) is 11.8. The number of amides is 1. The lowest BCUT2D eigenvalue weighted by Crippen LogP contribution is -2.58. The van der Waals surface area contributed by atoms with Crippen LogP contribution in [-0.2, 0) is 0 Å². The highest BCUT2D eigenvalue weighted by atomic mass is 16.1. The van der Waals surface area contributed by atoms with E-state index in [1.54, 1.807) is 0 Å². The van der Waals surface area contributed by atoms with Crippen LogP contribution >= 0.6 is 0 Å². The van der Waals surface area contributed by atoms with Crippen molar-refractivity contribution in [1.29, 1.82) is 0 Å². The van der Waals surface area contributed by atoms with E-state index in [0.29, 0.717) is 17.6 Å². The van der Waals surface area contributed by atoms with Crippen molar-refractivity contribution in [2.24, 2.45) is 5.73 Å². The normalized spacial score (nSPS) is 27.6. The summed E-state index contributed by atoms with van der Waals surface area (Å²) in [7, 11) is 0. The van der Waals surface area contributed by atoms with E-state index < -0.39 is 0 Å². The molecule has 24 heavy (non-hydrogen) atoms. The molecule has 1 saturated carbocycles. The van der Waals surface area contributed by atoms with E-state index in [1.165, 1.54) is 25.7 Å². The van der Waals surface area contributed by atoms with Gasteiger partial charge in [-0.15, -0.1) is 0 Å². The molecular weight excluding hydrogens is 302 g/mol. The molecule has 4 rings (SSSR count). The summed E-state index contributed by atoms with van der Waals surface area (Å²) in [5.74, 6) is -0.338. The Kier molecular flexibility index (Phi) is 4.33. The van der Waals surface area contributed by atoms with Crippen LogP contribution in [0.15, 0.2) is 18.2 Å². The number of fused-ring (bicyclic) bond motifs is 1. The molecule has 0 aromatic heterocycles. The van der Waals surface area contributed by atoms with Crippen molar-refractivity contribution in [3.8, 4) is 0 Å². The maximum atomic E-state index is 11.9. The van der Waals surface area contributed by atoms with Gasteiger partial charge in [0.1, 0.15) is 0 Å². The van der Waals surface area contributed by atoms with Crippen LogP contribution in [0.3, 0.4) is 0 Å². The zero-order valence-electron chi connectivity index (χ0n) is 14.1. The van der Waals surface area contributed by atoms with Gasteiger partial charge in [-0.05, 0) is 25.0 Å². The summed E-state index contributed by atoms with van der Waals surface area (Å²) in [5, 5.41) is 6.90. The SMILES string of the molecule is NC(=O)c1cccc2c1N(C1CCCCC1N1CCNCC1)CN2. The van der Waals surface area contributed by atoms with Gasteiger partial charge in [0.15, 0.2) is 0 Å². The quantitative estimate of drug-likeness (QED) is 0.777. The minimum atomic E-state index is -0.338. The summed E-state index contributed by atoms with van der Waals surface area (Å²) in [4.78, 5) is 17.0.